The van der Waals surface area contributed by atoms with Crippen LogP contribution in [0, 0.1) is 6.92 Å². The number of nitrogens with one attached hydrogen (secondary N) is 1. The number of amides is 1. The van der Waals surface area contributed by atoms with Gasteiger partial charge in [0.25, 0.3) is 0 Å². The van der Waals surface area contributed by atoms with Crippen molar-refractivity contribution in [3.05, 3.63) is 47.5 Å². The Bertz CT molecular complexity index is 1150. The van der Waals surface area contributed by atoms with E-state index in [0.29, 0.717) is 73.6 Å². The van der Waals surface area contributed by atoms with E-state index in [1.807, 2.05) is 0 Å². The van der Waals surface area contributed by atoms with E-state index in [1.165, 1.54) is 23.6 Å². The fourth-order valence-corrected chi connectivity index (χ4v) is 5.29. The predicted octanol–water partition coefficient (Wildman–Crippen LogP) is 2.45. The minimum Gasteiger partial charge on any atom is -0.493 e. The number of benzene rings is 2. The average Bonchev–Trinajstić information content (AvgIpc) is 2.83. The van der Waals surface area contributed by atoms with Gasteiger partial charge in [0.2, 0.25) is 21.7 Å². The molecule has 0 saturated carbocycles. The highest BCUT2D eigenvalue weighted by Crippen LogP contribution is 2.40. The van der Waals surface area contributed by atoms with Crippen molar-refractivity contribution in [2.24, 2.45) is 0 Å². The van der Waals surface area contributed by atoms with Crippen molar-refractivity contribution in [1.29, 1.82) is 0 Å². The maximum absolute atomic E-state index is 13.0. The van der Waals surface area contributed by atoms with Crippen molar-refractivity contribution >= 4 is 27.7 Å². The lowest BCUT2D eigenvalue weighted by molar-refractivity contribution is -0.111. The molecule has 0 aliphatic carbocycles. The van der Waals surface area contributed by atoms with Crippen LogP contribution in [0.1, 0.15) is 11.1 Å². The van der Waals surface area contributed by atoms with Crippen LogP contribution in [0.5, 0.6) is 17.2 Å². The normalized spacial score (nSPS) is 16.5. The van der Waals surface area contributed by atoms with Crippen LogP contribution in [0.3, 0.4) is 0 Å². The summed E-state index contributed by atoms with van der Waals surface area (Å²) in [4.78, 5) is 12.7. The molecule has 0 unspecified atom stereocenters. The van der Waals surface area contributed by atoms with E-state index in [2.05, 4.69) is 5.32 Å². The number of aryl methyl sites for hydroxylation is 1. The number of ether oxygens (including phenoxy) is 4. The van der Waals surface area contributed by atoms with Crippen LogP contribution in [-0.2, 0) is 19.6 Å². The summed E-state index contributed by atoms with van der Waals surface area (Å²) < 4.78 is 49.3. The van der Waals surface area contributed by atoms with Gasteiger partial charge >= 0.3 is 0 Å². The van der Waals surface area contributed by atoms with Gasteiger partial charge in [-0.3, -0.25) is 4.79 Å². The lowest BCUT2D eigenvalue weighted by atomic mass is 10.1. The molecular formula is C23H26N2O7S. The summed E-state index contributed by atoms with van der Waals surface area (Å²) in [6.45, 7) is 3.95. The number of carbonyl (C=O) groups is 1. The van der Waals surface area contributed by atoms with E-state index in [0.717, 1.165) is 0 Å². The van der Waals surface area contributed by atoms with Crippen molar-refractivity contribution in [2.45, 2.75) is 11.8 Å². The molecule has 0 spiro atoms. The van der Waals surface area contributed by atoms with E-state index in [9.17, 15) is 13.2 Å². The molecule has 10 heteroatoms. The van der Waals surface area contributed by atoms with Crippen LogP contribution < -0.4 is 19.5 Å². The summed E-state index contributed by atoms with van der Waals surface area (Å²) in [5.41, 5.74) is 1.70. The van der Waals surface area contributed by atoms with Crippen LogP contribution >= 0.6 is 0 Å². The van der Waals surface area contributed by atoms with E-state index in [1.54, 1.807) is 37.3 Å². The molecule has 4 rings (SSSR count). The van der Waals surface area contributed by atoms with E-state index < -0.39 is 15.9 Å². The first-order valence-electron chi connectivity index (χ1n) is 10.5. The van der Waals surface area contributed by atoms with E-state index >= 15 is 0 Å². The van der Waals surface area contributed by atoms with Gasteiger partial charge in [-0.15, -0.1) is 0 Å². The van der Waals surface area contributed by atoms with Gasteiger partial charge in [0, 0.05) is 24.9 Å². The number of sulfonamides is 1. The van der Waals surface area contributed by atoms with Crippen molar-refractivity contribution in [1.82, 2.24) is 4.31 Å². The van der Waals surface area contributed by atoms with Gasteiger partial charge in [-0.05, 0) is 48.4 Å². The number of hydrogen-bond acceptors (Lipinski definition) is 7. The van der Waals surface area contributed by atoms with Crippen LogP contribution in [-0.4, -0.2) is 65.3 Å². The van der Waals surface area contributed by atoms with E-state index in [-0.39, 0.29) is 4.90 Å². The molecule has 2 aliphatic heterocycles. The zero-order chi connectivity index (χ0) is 23.4. The Labute approximate surface area is 192 Å². The standard InChI is InChI=1S/C23H26N2O7S/c1-16-3-5-18(15-21(16)33(27,28)25-7-9-30-10-8-25)24-22(26)6-4-17-13-19(29-2)23-20(14-17)31-11-12-32-23/h3-6,13-15H,7-12H2,1-2H3,(H,24,26)/b6-4+. The number of hydrogen-bond donors (Lipinski definition) is 1. The largest absolute Gasteiger partial charge is 0.493 e. The maximum Gasteiger partial charge on any atom is 0.248 e. The lowest BCUT2D eigenvalue weighted by Gasteiger charge is -2.26. The molecule has 0 radical (unpaired) electrons. The Morgan fingerprint density at radius 2 is 1.85 bits per heavy atom. The molecule has 9 nitrogen and oxygen atoms in total. The number of morpholine rings is 1. The Morgan fingerprint density at radius 1 is 1.09 bits per heavy atom. The summed E-state index contributed by atoms with van der Waals surface area (Å²) in [5.74, 6) is 1.21. The van der Waals surface area contributed by atoms with Gasteiger partial charge < -0.3 is 24.3 Å². The molecular weight excluding hydrogens is 448 g/mol. The molecule has 0 bridgehead atoms. The Kier molecular flexibility index (Phi) is 6.87. The number of fused-ring (bicyclic) bond motifs is 1. The molecule has 33 heavy (non-hydrogen) atoms. The number of nitrogens with zero attached hydrogens (tertiary/aromatic N) is 1. The zero-order valence-corrected chi connectivity index (χ0v) is 19.3. The number of rotatable bonds is 6. The molecule has 1 saturated heterocycles. The molecule has 2 aromatic carbocycles. The molecule has 1 N–H and O–H groups in total. The molecule has 0 atom stereocenters. The number of anilines is 1. The minimum absolute atomic E-state index is 0.169. The number of methoxy groups -OCH3 is 1. The minimum atomic E-state index is -3.68. The third-order valence-electron chi connectivity index (χ3n) is 5.32. The second-order valence-electron chi connectivity index (χ2n) is 7.57. The van der Waals surface area contributed by atoms with Crippen LogP contribution in [0.2, 0.25) is 0 Å². The van der Waals surface area contributed by atoms with Crippen LogP contribution in [0.15, 0.2) is 41.3 Å². The first-order chi connectivity index (χ1) is 15.9. The highest BCUT2D eigenvalue weighted by atomic mass is 32.2. The van der Waals surface area contributed by atoms with Crippen molar-refractivity contribution < 1.29 is 32.2 Å². The quantitative estimate of drug-likeness (QED) is 0.642. The third kappa shape index (κ3) is 5.13. The molecule has 176 valence electrons. The summed E-state index contributed by atoms with van der Waals surface area (Å²) in [5, 5.41) is 2.73. The van der Waals surface area contributed by atoms with Gasteiger partial charge in [0.1, 0.15) is 13.2 Å². The third-order valence-corrected chi connectivity index (χ3v) is 7.36. The predicted molar refractivity (Wildman–Crippen MR) is 122 cm³/mol. The molecule has 2 aliphatic rings. The molecule has 2 heterocycles. The molecule has 2 aromatic rings. The van der Waals surface area contributed by atoms with Gasteiger partial charge in [-0.25, -0.2) is 8.42 Å². The van der Waals surface area contributed by atoms with Crippen LogP contribution in [0.25, 0.3) is 6.08 Å². The number of carbonyl (C=O) groups excluding carboxylic acids is 1. The fraction of sp³-hybridized carbons (Fsp3) is 0.348. The van der Waals surface area contributed by atoms with Crippen molar-refractivity contribution in [3.8, 4) is 17.2 Å². The smallest absolute Gasteiger partial charge is 0.248 e. The summed E-state index contributed by atoms with van der Waals surface area (Å²) in [7, 11) is -2.14. The fourth-order valence-electron chi connectivity index (χ4n) is 3.63. The van der Waals surface area contributed by atoms with Crippen LogP contribution in [0.4, 0.5) is 5.69 Å². The molecule has 1 fully saturated rings. The monoisotopic (exact) mass is 474 g/mol. The molecule has 0 aromatic heterocycles. The van der Waals surface area contributed by atoms with Crippen molar-refractivity contribution in [2.75, 3.05) is 51.9 Å². The van der Waals surface area contributed by atoms with Crippen molar-refractivity contribution in [3.63, 3.8) is 0 Å². The lowest BCUT2D eigenvalue weighted by Crippen LogP contribution is -2.40. The first-order valence-corrected chi connectivity index (χ1v) is 12.0. The first kappa shape index (κ1) is 23.1. The average molecular weight is 475 g/mol. The summed E-state index contributed by atoms with van der Waals surface area (Å²) in [6.07, 6.45) is 2.98. The van der Waals surface area contributed by atoms with E-state index in [4.69, 9.17) is 18.9 Å². The topological polar surface area (TPSA) is 103 Å². The van der Waals surface area contributed by atoms with Gasteiger partial charge in [0.05, 0.1) is 25.2 Å². The summed E-state index contributed by atoms with van der Waals surface area (Å²) in [6, 6.07) is 8.35. The second-order valence-corrected chi connectivity index (χ2v) is 9.47. The Morgan fingerprint density at radius 3 is 2.61 bits per heavy atom. The highest BCUT2D eigenvalue weighted by Gasteiger charge is 2.28. The van der Waals surface area contributed by atoms with Gasteiger partial charge in [-0.2, -0.15) is 4.31 Å². The van der Waals surface area contributed by atoms with Gasteiger partial charge in [0.15, 0.2) is 11.5 Å². The van der Waals surface area contributed by atoms with Gasteiger partial charge in [-0.1, -0.05) is 6.07 Å². The Hall–Kier alpha value is -3.08. The maximum atomic E-state index is 13.0. The SMILES string of the molecule is COc1cc(/C=C/C(=O)Nc2ccc(C)c(S(=O)(=O)N3CCOCC3)c2)cc2c1OCCO2. The second kappa shape index (κ2) is 9.82. The highest BCUT2D eigenvalue weighted by molar-refractivity contribution is 7.89. The Balaban J connectivity index is 1.50. The zero-order valence-electron chi connectivity index (χ0n) is 18.5. The molecule has 1 amide bonds. The summed E-state index contributed by atoms with van der Waals surface area (Å²) >= 11 is 0.